The summed E-state index contributed by atoms with van der Waals surface area (Å²) < 4.78 is 8.06. The fourth-order valence-corrected chi connectivity index (χ4v) is 2.50. The maximum Gasteiger partial charge on any atom is 0.140 e. The highest BCUT2D eigenvalue weighted by Crippen LogP contribution is 2.23. The Morgan fingerprint density at radius 2 is 2.28 bits per heavy atom. The second-order valence-electron chi connectivity index (χ2n) is 4.85. The molecule has 0 bridgehead atoms. The molecule has 1 aliphatic rings. The summed E-state index contributed by atoms with van der Waals surface area (Å²) in [5, 5.41) is 3.51. The van der Waals surface area contributed by atoms with Crippen LogP contribution in [0.3, 0.4) is 0 Å². The minimum Gasteiger partial charge on any atom is -0.367 e. The molecule has 0 aliphatic carbocycles. The molecule has 96 valence electrons. The zero-order chi connectivity index (χ0) is 12.5. The minimum atomic E-state index is 0.0604. The van der Waals surface area contributed by atoms with Gasteiger partial charge < -0.3 is 14.6 Å². The Hall–Kier alpha value is -1.39. The Morgan fingerprint density at radius 3 is 2.94 bits per heavy atom. The molecule has 0 spiro atoms. The SMILES string of the molecule is CCC1COC(c2nc3ccccc3n2C)CN1. The number of morpholine rings is 1. The third-order valence-electron chi connectivity index (χ3n) is 3.69. The smallest absolute Gasteiger partial charge is 0.140 e. The van der Waals surface area contributed by atoms with E-state index in [1.807, 2.05) is 18.2 Å². The molecule has 0 radical (unpaired) electrons. The Labute approximate surface area is 107 Å². The molecule has 1 N–H and O–H groups in total. The molecule has 2 unspecified atom stereocenters. The van der Waals surface area contributed by atoms with E-state index in [-0.39, 0.29) is 6.10 Å². The quantitative estimate of drug-likeness (QED) is 0.879. The Morgan fingerprint density at radius 1 is 1.44 bits per heavy atom. The number of hydrogen-bond acceptors (Lipinski definition) is 3. The van der Waals surface area contributed by atoms with E-state index >= 15 is 0 Å². The lowest BCUT2D eigenvalue weighted by molar-refractivity contribution is -0.00381. The normalized spacial score (nSPS) is 24.6. The zero-order valence-corrected chi connectivity index (χ0v) is 10.9. The Bertz CT molecular complexity index is 541. The van der Waals surface area contributed by atoms with Crippen molar-refractivity contribution in [3.63, 3.8) is 0 Å². The predicted molar refractivity (Wildman–Crippen MR) is 71.5 cm³/mol. The van der Waals surface area contributed by atoms with Crippen molar-refractivity contribution in [2.24, 2.45) is 7.05 Å². The molecule has 2 aromatic rings. The first kappa shape index (κ1) is 11.7. The summed E-state index contributed by atoms with van der Waals surface area (Å²) in [6.45, 7) is 3.79. The van der Waals surface area contributed by atoms with Gasteiger partial charge in [-0.15, -0.1) is 0 Å². The first-order chi connectivity index (χ1) is 8.79. The van der Waals surface area contributed by atoms with Gasteiger partial charge in [0.1, 0.15) is 11.9 Å². The van der Waals surface area contributed by atoms with Crippen LogP contribution in [0.4, 0.5) is 0 Å². The highest BCUT2D eigenvalue weighted by molar-refractivity contribution is 5.75. The Balaban J connectivity index is 1.89. The fourth-order valence-electron chi connectivity index (χ4n) is 2.50. The molecular weight excluding hydrogens is 226 g/mol. The summed E-state index contributed by atoms with van der Waals surface area (Å²) in [5.41, 5.74) is 2.20. The lowest BCUT2D eigenvalue weighted by Gasteiger charge is -2.29. The van der Waals surface area contributed by atoms with Crippen LogP contribution < -0.4 is 5.32 Å². The van der Waals surface area contributed by atoms with Crippen LogP contribution in [0.15, 0.2) is 24.3 Å². The fraction of sp³-hybridized carbons (Fsp3) is 0.500. The largest absolute Gasteiger partial charge is 0.367 e. The number of para-hydroxylation sites is 2. The van der Waals surface area contributed by atoms with Gasteiger partial charge in [-0.25, -0.2) is 4.98 Å². The third-order valence-corrected chi connectivity index (χ3v) is 3.69. The highest BCUT2D eigenvalue weighted by Gasteiger charge is 2.25. The third kappa shape index (κ3) is 1.91. The average molecular weight is 245 g/mol. The van der Waals surface area contributed by atoms with Crippen molar-refractivity contribution in [1.29, 1.82) is 0 Å². The molecule has 4 heteroatoms. The van der Waals surface area contributed by atoms with Crippen LogP contribution in [0.25, 0.3) is 11.0 Å². The number of nitrogens with one attached hydrogen (secondary N) is 1. The molecule has 0 saturated carbocycles. The van der Waals surface area contributed by atoms with Crippen molar-refractivity contribution in [2.45, 2.75) is 25.5 Å². The molecule has 1 aromatic heterocycles. The van der Waals surface area contributed by atoms with Crippen molar-refractivity contribution < 1.29 is 4.74 Å². The van der Waals surface area contributed by atoms with Gasteiger partial charge in [-0.2, -0.15) is 0 Å². The number of hydrogen-bond donors (Lipinski definition) is 1. The second-order valence-corrected chi connectivity index (χ2v) is 4.85. The minimum absolute atomic E-state index is 0.0604. The topological polar surface area (TPSA) is 39.1 Å². The summed E-state index contributed by atoms with van der Waals surface area (Å²) in [7, 11) is 2.06. The summed E-state index contributed by atoms with van der Waals surface area (Å²) in [5.74, 6) is 1.01. The molecule has 1 fully saturated rings. The van der Waals surface area contributed by atoms with Gasteiger partial charge in [-0.05, 0) is 18.6 Å². The summed E-state index contributed by atoms with van der Waals surface area (Å²) in [4.78, 5) is 4.68. The number of ether oxygens (including phenoxy) is 1. The van der Waals surface area contributed by atoms with Gasteiger partial charge in [0, 0.05) is 19.6 Å². The summed E-state index contributed by atoms with van der Waals surface area (Å²) in [6, 6.07) is 8.68. The van der Waals surface area contributed by atoms with E-state index in [9.17, 15) is 0 Å². The lowest BCUT2D eigenvalue weighted by atomic mass is 10.2. The number of rotatable bonds is 2. The maximum atomic E-state index is 5.93. The van der Waals surface area contributed by atoms with Crippen LogP contribution in [0.5, 0.6) is 0 Å². The van der Waals surface area contributed by atoms with Gasteiger partial charge in [0.15, 0.2) is 0 Å². The lowest BCUT2D eigenvalue weighted by Crippen LogP contribution is -2.42. The van der Waals surface area contributed by atoms with E-state index in [1.165, 1.54) is 0 Å². The van der Waals surface area contributed by atoms with Crippen LogP contribution in [-0.4, -0.2) is 28.7 Å². The van der Waals surface area contributed by atoms with E-state index < -0.39 is 0 Å². The molecule has 1 aliphatic heterocycles. The number of imidazole rings is 1. The van der Waals surface area contributed by atoms with Crippen LogP contribution >= 0.6 is 0 Å². The van der Waals surface area contributed by atoms with Crippen molar-refractivity contribution in [3.05, 3.63) is 30.1 Å². The van der Waals surface area contributed by atoms with E-state index in [4.69, 9.17) is 4.74 Å². The molecule has 18 heavy (non-hydrogen) atoms. The molecule has 4 nitrogen and oxygen atoms in total. The molecule has 0 amide bonds. The van der Waals surface area contributed by atoms with E-state index in [2.05, 4.69) is 34.9 Å². The number of fused-ring (bicyclic) bond motifs is 1. The van der Waals surface area contributed by atoms with Crippen LogP contribution in [0.1, 0.15) is 25.3 Å². The van der Waals surface area contributed by atoms with Crippen LogP contribution in [0.2, 0.25) is 0 Å². The van der Waals surface area contributed by atoms with Crippen molar-refractivity contribution >= 4 is 11.0 Å². The number of nitrogens with zero attached hydrogens (tertiary/aromatic N) is 2. The first-order valence-corrected chi connectivity index (χ1v) is 6.56. The molecule has 1 saturated heterocycles. The van der Waals surface area contributed by atoms with Gasteiger partial charge >= 0.3 is 0 Å². The van der Waals surface area contributed by atoms with Crippen molar-refractivity contribution in [2.75, 3.05) is 13.2 Å². The number of aryl methyl sites for hydroxylation is 1. The van der Waals surface area contributed by atoms with Crippen molar-refractivity contribution in [1.82, 2.24) is 14.9 Å². The van der Waals surface area contributed by atoms with Gasteiger partial charge in [0.05, 0.1) is 17.6 Å². The molecule has 2 heterocycles. The van der Waals surface area contributed by atoms with Crippen LogP contribution in [0, 0.1) is 0 Å². The van der Waals surface area contributed by atoms with Gasteiger partial charge in [0.25, 0.3) is 0 Å². The van der Waals surface area contributed by atoms with E-state index in [1.54, 1.807) is 0 Å². The zero-order valence-electron chi connectivity index (χ0n) is 10.9. The van der Waals surface area contributed by atoms with Gasteiger partial charge in [-0.1, -0.05) is 19.1 Å². The molecule has 2 atom stereocenters. The predicted octanol–water partition coefficient (Wildman–Crippen LogP) is 2.01. The monoisotopic (exact) mass is 245 g/mol. The molecule has 1 aromatic carbocycles. The number of aromatic nitrogens is 2. The first-order valence-electron chi connectivity index (χ1n) is 6.56. The van der Waals surface area contributed by atoms with Gasteiger partial charge in [0.2, 0.25) is 0 Å². The summed E-state index contributed by atoms with van der Waals surface area (Å²) >= 11 is 0. The number of benzene rings is 1. The molecular formula is C14H19N3O. The molecule has 3 rings (SSSR count). The maximum absolute atomic E-state index is 5.93. The second kappa shape index (κ2) is 4.71. The average Bonchev–Trinajstić information content (AvgIpc) is 2.77. The Kier molecular flexibility index (Phi) is 3.06. The van der Waals surface area contributed by atoms with Crippen LogP contribution in [-0.2, 0) is 11.8 Å². The van der Waals surface area contributed by atoms with Gasteiger partial charge in [-0.3, -0.25) is 0 Å². The highest BCUT2D eigenvalue weighted by atomic mass is 16.5. The van der Waals surface area contributed by atoms with Crippen molar-refractivity contribution in [3.8, 4) is 0 Å². The summed E-state index contributed by atoms with van der Waals surface area (Å²) in [6.07, 6.45) is 1.17. The standard InChI is InChI=1S/C14H19N3O/c1-3-10-9-18-13(8-15-10)14-16-11-6-4-5-7-12(11)17(14)2/h4-7,10,13,15H,3,8-9H2,1-2H3. The van der Waals surface area contributed by atoms with E-state index in [0.29, 0.717) is 6.04 Å². The van der Waals surface area contributed by atoms with E-state index in [0.717, 1.165) is 36.4 Å².